The molecule has 0 saturated carbocycles. The van der Waals surface area contributed by atoms with E-state index in [9.17, 15) is 0 Å². The summed E-state index contributed by atoms with van der Waals surface area (Å²) in [5.74, 6) is 0. The van der Waals surface area contributed by atoms with Crippen LogP contribution in [-0.2, 0) is 12.1 Å². The van der Waals surface area contributed by atoms with Crippen LogP contribution in [-0.4, -0.2) is 33.8 Å². The summed E-state index contributed by atoms with van der Waals surface area (Å²) >= 11 is 0. The molecular weight excluding hydrogens is 296 g/mol. The van der Waals surface area contributed by atoms with Crippen LogP contribution in [0, 0.1) is 19.3 Å². The molecule has 0 spiro atoms. The average molecular weight is 329 g/mol. The molecule has 0 amide bonds. The van der Waals surface area contributed by atoms with Gasteiger partial charge in [0, 0.05) is 36.9 Å². The molecule has 1 aliphatic rings. The number of hydrogen-bond acceptors (Lipinski definition) is 3. The number of nitrogens with zero attached hydrogens (tertiary/aromatic N) is 3. The van der Waals surface area contributed by atoms with Crippen molar-refractivity contribution in [2.45, 2.75) is 73.0 Å². The smallest absolute Gasteiger partial charge is 0.0641 e. The quantitative estimate of drug-likeness (QED) is 0.906. The Kier molecular flexibility index (Phi) is 5.75. The van der Waals surface area contributed by atoms with Gasteiger partial charge in [0.05, 0.1) is 11.2 Å². The largest absolute Gasteiger partial charge is 0.327 e. The van der Waals surface area contributed by atoms with E-state index in [4.69, 9.17) is 10.8 Å². The highest BCUT2D eigenvalue weighted by Crippen LogP contribution is 2.30. The maximum atomic E-state index is 6.25. The fraction of sp³-hybridized carbons (Fsp3) is 0.824. The average Bonchev–Trinajstić information content (AvgIpc) is 2.61. The maximum absolute atomic E-state index is 6.25. The van der Waals surface area contributed by atoms with Gasteiger partial charge in [0.1, 0.15) is 0 Å². The van der Waals surface area contributed by atoms with Crippen molar-refractivity contribution in [1.29, 1.82) is 0 Å². The van der Waals surface area contributed by atoms with Crippen LogP contribution in [0.4, 0.5) is 0 Å². The van der Waals surface area contributed by atoms with E-state index in [1.54, 1.807) is 0 Å². The van der Waals surface area contributed by atoms with Crippen molar-refractivity contribution >= 4 is 12.4 Å². The van der Waals surface area contributed by atoms with Gasteiger partial charge in [-0.15, -0.1) is 12.4 Å². The lowest BCUT2D eigenvalue weighted by molar-refractivity contribution is 0.0895. The summed E-state index contributed by atoms with van der Waals surface area (Å²) in [5.41, 5.74) is 10.3. The number of likely N-dealkylation sites (tertiary alicyclic amines) is 1. The first kappa shape index (κ1) is 19.5. The first-order chi connectivity index (χ1) is 9.52. The normalized spacial score (nSPS) is 22.5. The van der Waals surface area contributed by atoms with Crippen molar-refractivity contribution in [3.8, 4) is 0 Å². The van der Waals surface area contributed by atoms with Gasteiger partial charge in [-0.25, -0.2) is 0 Å². The minimum atomic E-state index is 0. The second kappa shape index (κ2) is 6.50. The molecule has 1 unspecified atom stereocenters. The van der Waals surface area contributed by atoms with Crippen LogP contribution in [0.2, 0.25) is 0 Å². The summed E-state index contributed by atoms with van der Waals surface area (Å²) in [7, 11) is 0. The Morgan fingerprint density at radius 1 is 1.27 bits per heavy atom. The van der Waals surface area contributed by atoms with Crippen LogP contribution in [0.15, 0.2) is 0 Å². The number of hydrogen-bond donors (Lipinski definition) is 1. The maximum Gasteiger partial charge on any atom is 0.0641 e. The Labute approximate surface area is 141 Å². The van der Waals surface area contributed by atoms with Gasteiger partial charge in [-0.05, 0) is 46.5 Å². The lowest BCUT2D eigenvalue weighted by Gasteiger charge is -2.42. The molecule has 2 rings (SSSR count). The van der Waals surface area contributed by atoms with E-state index >= 15 is 0 Å². The van der Waals surface area contributed by atoms with Gasteiger partial charge in [-0.1, -0.05) is 13.8 Å². The summed E-state index contributed by atoms with van der Waals surface area (Å²) in [4.78, 5) is 2.54. The van der Waals surface area contributed by atoms with E-state index in [2.05, 4.69) is 58.0 Å². The third-order valence-electron chi connectivity index (χ3n) is 4.85. The van der Waals surface area contributed by atoms with E-state index in [0.29, 0.717) is 6.04 Å². The molecule has 1 fully saturated rings. The van der Waals surface area contributed by atoms with Gasteiger partial charge in [0.25, 0.3) is 0 Å². The zero-order valence-electron chi connectivity index (χ0n) is 15.2. The van der Waals surface area contributed by atoms with Gasteiger partial charge in [-0.3, -0.25) is 9.58 Å². The molecule has 1 saturated heterocycles. The monoisotopic (exact) mass is 328 g/mol. The highest BCUT2D eigenvalue weighted by molar-refractivity contribution is 5.85. The molecule has 0 bridgehead atoms. The number of aromatic nitrogens is 2. The molecule has 1 aromatic rings. The van der Waals surface area contributed by atoms with Crippen LogP contribution in [0.1, 0.15) is 58.0 Å². The molecule has 0 aliphatic carbocycles. The Balaban J connectivity index is 0.00000242. The fourth-order valence-corrected chi connectivity index (χ4v) is 3.40. The molecule has 2 heterocycles. The van der Waals surface area contributed by atoms with Crippen molar-refractivity contribution < 1.29 is 0 Å². The summed E-state index contributed by atoms with van der Waals surface area (Å²) in [5, 5.41) is 4.76. The molecule has 128 valence electrons. The number of halogens is 1. The first-order valence-corrected chi connectivity index (χ1v) is 8.06. The van der Waals surface area contributed by atoms with E-state index in [-0.39, 0.29) is 23.4 Å². The molecule has 1 aromatic heterocycles. The summed E-state index contributed by atoms with van der Waals surface area (Å²) in [6.07, 6.45) is 1.08. The molecule has 22 heavy (non-hydrogen) atoms. The van der Waals surface area contributed by atoms with Crippen molar-refractivity contribution in [1.82, 2.24) is 14.7 Å². The van der Waals surface area contributed by atoms with Gasteiger partial charge in [0.2, 0.25) is 0 Å². The Bertz CT molecular complexity index is 513. The molecule has 0 aromatic carbocycles. The molecule has 4 nitrogen and oxygen atoms in total. The minimum Gasteiger partial charge on any atom is -0.327 e. The highest BCUT2D eigenvalue weighted by atomic mass is 35.5. The Morgan fingerprint density at radius 2 is 1.86 bits per heavy atom. The van der Waals surface area contributed by atoms with E-state index in [1.165, 1.54) is 11.3 Å². The molecule has 2 N–H and O–H groups in total. The minimum absolute atomic E-state index is 0. The van der Waals surface area contributed by atoms with Gasteiger partial charge in [0.15, 0.2) is 0 Å². The zero-order chi connectivity index (χ0) is 16.0. The Morgan fingerprint density at radius 3 is 2.32 bits per heavy atom. The number of piperidine rings is 1. The standard InChI is InChI=1S/C17H32N4.ClH/c1-12-14(13(2)21(19-12)16(3,4)5)10-20-9-8-15(18)17(6,7)11-20;/h15H,8-11,18H2,1-7H3;1H. The van der Waals surface area contributed by atoms with Crippen molar-refractivity contribution in [3.05, 3.63) is 17.0 Å². The Hall–Kier alpha value is -0.580. The predicted molar refractivity (Wildman–Crippen MR) is 95.6 cm³/mol. The summed E-state index contributed by atoms with van der Waals surface area (Å²) in [6, 6.07) is 0.313. The second-order valence-electron chi connectivity index (χ2n) is 8.33. The third kappa shape index (κ3) is 3.84. The first-order valence-electron chi connectivity index (χ1n) is 8.06. The highest BCUT2D eigenvalue weighted by Gasteiger charge is 2.34. The summed E-state index contributed by atoms with van der Waals surface area (Å²) < 4.78 is 2.17. The molecule has 1 aliphatic heterocycles. The fourth-order valence-electron chi connectivity index (χ4n) is 3.40. The van der Waals surface area contributed by atoms with Crippen molar-refractivity contribution in [3.63, 3.8) is 0 Å². The summed E-state index contributed by atoms with van der Waals surface area (Å²) in [6.45, 7) is 18.6. The zero-order valence-corrected chi connectivity index (χ0v) is 16.0. The van der Waals surface area contributed by atoms with Crippen LogP contribution in [0.25, 0.3) is 0 Å². The van der Waals surface area contributed by atoms with Crippen LogP contribution in [0.3, 0.4) is 0 Å². The second-order valence-corrected chi connectivity index (χ2v) is 8.33. The van der Waals surface area contributed by atoms with Crippen LogP contribution in [0.5, 0.6) is 0 Å². The van der Waals surface area contributed by atoms with Crippen LogP contribution < -0.4 is 5.73 Å². The van der Waals surface area contributed by atoms with Gasteiger partial charge in [-0.2, -0.15) is 5.10 Å². The number of rotatable bonds is 2. The molecular formula is C17H33ClN4. The van der Waals surface area contributed by atoms with Gasteiger partial charge >= 0.3 is 0 Å². The van der Waals surface area contributed by atoms with E-state index in [1.807, 2.05) is 0 Å². The van der Waals surface area contributed by atoms with Crippen molar-refractivity contribution in [2.24, 2.45) is 11.1 Å². The molecule has 1 atom stereocenters. The van der Waals surface area contributed by atoms with Crippen LogP contribution >= 0.6 is 12.4 Å². The molecule has 0 radical (unpaired) electrons. The molecule has 5 heteroatoms. The lowest BCUT2D eigenvalue weighted by Crippen LogP contribution is -2.52. The predicted octanol–water partition coefficient (Wildman–Crippen LogP) is 3.24. The van der Waals surface area contributed by atoms with Crippen molar-refractivity contribution in [2.75, 3.05) is 13.1 Å². The number of nitrogens with two attached hydrogens (primary N) is 1. The van der Waals surface area contributed by atoms with E-state index < -0.39 is 0 Å². The third-order valence-corrected chi connectivity index (χ3v) is 4.85. The lowest BCUT2D eigenvalue weighted by atomic mass is 9.79. The SMILES string of the molecule is Cc1nn(C(C)(C)C)c(C)c1CN1CCC(N)C(C)(C)C1.Cl. The topological polar surface area (TPSA) is 47.1 Å². The van der Waals surface area contributed by atoms with Gasteiger partial charge < -0.3 is 5.73 Å². The van der Waals surface area contributed by atoms with E-state index in [0.717, 1.165) is 31.7 Å². The number of aryl methyl sites for hydroxylation is 1.